The molecule has 0 aromatic heterocycles. The Morgan fingerprint density at radius 2 is 2.14 bits per heavy atom. The summed E-state index contributed by atoms with van der Waals surface area (Å²) in [4.78, 5) is 11.3. The quantitative estimate of drug-likeness (QED) is 0.608. The summed E-state index contributed by atoms with van der Waals surface area (Å²) in [6.07, 6.45) is 3.81. The maximum Gasteiger partial charge on any atom is 0.220 e. The zero-order valence-electron chi connectivity index (χ0n) is 9.05. The first-order valence-electron chi connectivity index (χ1n) is 5.53. The summed E-state index contributed by atoms with van der Waals surface area (Å²) in [5, 5.41) is 3.09. The maximum atomic E-state index is 11.3. The molecule has 2 rings (SSSR count). The van der Waals surface area contributed by atoms with Gasteiger partial charge in [0, 0.05) is 18.5 Å². The fourth-order valence-electron chi connectivity index (χ4n) is 3.07. The lowest BCUT2D eigenvalue weighted by molar-refractivity contribution is -0.125. The van der Waals surface area contributed by atoms with Gasteiger partial charge < -0.3 is 11.1 Å². The van der Waals surface area contributed by atoms with Crippen LogP contribution < -0.4 is 11.1 Å². The van der Waals surface area contributed by atoms with Crippen molar-refractivity contribution in [2.45, 2.75) is 51.6 Å². The molecule has 3 nitrogen and oxygen atoms in total. The molecule has 0 bridgehead atoms. The lowest BCUT2D eigenvalue weighted by atomic mass is 9.65. The minimum absolute atomic E-state index is 0.205. The van der Waals surface area contributed by atoms with Gasteiger partial charge in [-0.3, -0.25) is 4.79 Å². The Kier molecular flexibility index (Phi) is 2.30. The fraction of sp³-hybridized carbons (Fsp3) is 0.909. The number of rotatable bonds is 0. The molecule has 2 fully saturated rings. The molecule has 0 aromatic rings. The third-order valence-corrected chi connectivity index (χ3v) is 3.68. The van der Waals surface area contributed by atoms with E-state index in [0.29, 0.717) is 18.4 Å². The molecule has 1 aliphatic carbocycles. The van der Waals surface area contributed by atoms with Crippen LogP contribution in [0.1, 0.15) is 39.5 Å². The van der Waals surface area contributed by atoms with Crippen molar-refractivity contribution in [3.63, 3.8) is 0 Å². The predicted molar refractivity (Wildman–Crippen MR) is 55.6 cm³/mol. The topological polar surface area (TPSA) is 55.1 Å². The van der Waals surface area contributed by atoms with Gasteiger partial charge in [0.1, 0.15) is 0 Å². The SMILES string of the molecule is CC1(C)CC(N)C2CCC(=O)NC2C1. The highest BCUT2D eigenvalue weighted by Gasteiger charge is 2.42. The van der Waals surface area contributed by atoms with E-state index in [0.717, 1.165) is 19.3 Å². The van der Waals surface area contributed by atoms with E-state index in [2.05, 4.69) is 19.2 Å². The number of piperidine rings is 1. The molecule has 1 saturated heterocycles. The first-order valence-corrected chi connectivity index (χ1v) is 5.53. The van der Waals surface area contributed by atoms with Crippen molar-refractivity contribution in [3.05, 3.63) is 0 Å². The largest absolute Gasteiger partial charge is 0.353 e. The van der Waals surface area contributed by atoms with Crippen molar-refractivity contribution < 1.29 is 4.79 Å². The van der Waals surface area contributed by atoms with Crippen LogP contribution >= 0.6 is 0 Å². The summed E-state index contributed by atoms with van der Waals surface area (Å²) >= 11 is 0. The fourth-order valence-corrected chi connectivity index (χ4v) is 3.07. The van der Waals surface area contributed by atoms with Crippen LogP contribution in [0.4, 0.5) is 0 Å². The van der Waals surface area contributed by atoms with Gasteiger partial charge in [-0.1, -0.05) is 13.8 Å². The highest BCUT2D eigenvalue weighted by atomic mass is 16.1. The lowest BCUT2D eigenvalue weighted by Crippen LogP contribution is -2.57. The average molecular weight is 196 g/mol. The number of hydrogen-bond donors (Lipinski definition) is 2. The van der Waals surface area contributed by atoms with E-state index in [1.165, 1.54) is 0 Å². The summed E-state index contributed by atoms with van der Waals surface area (Å²) in [5.74, 6) is 0.719. The van der Waals surface area contributed by atoms with Crippen LogP contribution in [0.5, 0.6) is 0 Å². The molecule has 1 heterocycles. The molecule has 80 valence electrons. The first-order chi connectivity index (χ1) is 6.48. The summed E-state index contributed by atoms with van der Waals surface area (Å²) < 4.78 is 0. The van der Waals surface area contributed by atoms with E-state index < -0.39 is 0 Å². The molecule has 1 amide bonds. The Labute approximate surface area is 85.4 Å². The molecule has 3 heteroatoms. The van der Waals surface area contributed by atoms with Gasteiger partial charge in [0.25, 0.3) is 0 Å². The summed E-state index contributed by atoms with van der Waals surface area (Å²) in [7, 11) is 0. The van der Waals surface area contributed by atoms with Gasteiger partial charge in [-0.15, -0.1) is 0 Å². The van der Waals surface area contributed by atoms with Crippen LogP contribution in [-0.2, 0) is 4.79 Å². The Balaban J connectivity index is 2.11. The third kappa shape index (κ3) is 1.78. The van der Waals surface area contributed by atoms with E-state index in [4.69, 9.17) is 5.73 Å². The van der Waals surface area contributed by atoms with Crippen LogP contribution in [0.3, 0.4) is 0 Å². The monoisotopic (exact) mass is 196 g/mol. The standard InChI is InChI=1S/C11H20N2O/c1-11(2)5-8(12)7-3-4-10(14)13-9(7)6-11/h7-9H,3-6,12H2,1-2H3,(H,13,14). The van der Waals surface area contributed by atoms with Crippen LogP contribution in [0, 0.1) is 11.3 Å². The molecule has 3 atom stereocenters. The highest BCUT2D eigenvalue weighted by molar-refractivity contribution is 5.77. The normalized spacial score (nSPS) is 41.4. The van der Waals surface area contributed by atoms with Crippen LogP contribution in [0.2, 0.25) is 0 Å². The summed E-state index contributed by atoms with van der Waals surface area (Å²) in [6.45, 7) is 4.48. The minimum Gasteiger partial charge on any atom is -0.353 e. The second-order valence-corrected chi connectivity index (χ2v) is 5.61. The number of fused-ring (bicyclic) bond motifs is 1. The van der Waals surface area contributed by atoms with Crippen LogP contribution in [0.15, 0.2) is 0 Å². The van der Waals surface area contributed by atoms with Gasteiger partial charge in [-0.05, 0) is 30.6 Å². The molecule has 1 aliphatic heterocycles. The smallest absolute Gasteiger partial charge is 0.220 e. The Hall–Kier alpha value is -0.570. The van der Waals surface area contributed by atoms with Crippen molar-refractivity contribution in [2.24, 2.45) is 17.1 Å². The number of amides is 1. The number of carbonyl (C=O) groups excluding carboxylic acids is 1. The highest BCUT2D eigenvalue weighted by Crippen LogP contribution is 2.40. The van der Waals surface area contributed by atoms with E-state index >= 15 is 0 Å². The van der Waals surface area contributed by atoms with Gasteiger partial charge in [0.2, 0.25) is 5.91 Å². The average Bonchev–Trinajstić information content (AvgIpc) is 2.00. The van der Waals surface area contributed by atoms with E-state index in [1.54, 1.807) is 0 Å². The van der Waals surface area contributed by atoms with Gasteiger partial charge >= 0.3 is 0 Å². The number of carbonyl (C=O) groups is 1. The number of hydrogen-bond acceptors (Lipinski definition) is 2. The summed E-state index contributed by atoms with van der Waals surface area (Å²) in [6, 6.07) is 0.597. The molecule has 3 N–H and O–H groups in total. The first kappa shape index (κ1) is 9.97. The molecule has 0 spiro atoms. The molecular weight excluding hydrogens is 176 g/mol. The maximum absolute atomic E-state index is 11.3. The molecule has 3 unspecified atom stereocenters. The Bertz CT molecular complexity index is 250. The minimum atomic E-state index is 0.205. The van der Waals surface area contributed by atoms with Gasteiger partial charge in [-0.25, -0.2) is 0 Å². The summed E-state index contributed by atoms with van der Waals surface area (Å²) in [5.41, 5.74) is 6.44. The van der Waals surface area contributed by atoms with E-state index in [1.807, 2.05) is 0 Å². The molecule has 1 saturated carbocycles. The zero-order valence-corrected chi connectivity index (χ0v) is 9.05. The molecule has 2 aliphatic rings. The molecule has 0 aromatic carbocycles. The third-order valence-electron chi connectivity index (χ3n) is 3.68. The van der Waals surface area contributed by atoms with Gasteiger partial charge in [0.15, 0.2) is 0 Å². The van der Waals surface area contributed by atoms with Gasteiger partial charge in [0.05, 0.1) is 0 Å². The number of nitrogens with two attached hydrogens (primary N) is 1. The lowest BCUT2D eigenvalue weighted by Gasteiger charge is -2.46. The number of nitrogens with one attached hydrogen (secondary N) is 1. The van der Waals surface area contributed by atoms with Crippen molar-refractivity contribution >= 4 is 5.91 Å². The van der Waals surface area contributed by atoms with Crippen molar-refractivity contribution in [1.29, 1.82) is 0 Å². The van der Waals surface area contributed by atoms with Crippen LogP contribution in [-0.4, -0.2) is 18.0 Å². The van der Waals surface area contributed by atoms with Crippen molar-refractivity contribution in [3.8, 4) is 0 Å². The molecule has 0 radical (unpaired) electrons. The molecular formula is C11H20N2O. The molecule has 14 heavy (non-hydrogen) atoms. The van der Waals surface area contributed by atoms with E-state index in [-0.39, 0.29) is 17.4 Å². The van der Waals surface area contributed by atoms with Gasteiger partial charge in [-0.2, -0.15) is 0 Å². The Morgan fingerprint density at radius 1 is 1.43 bits per heavy atom. The van der Waals surface area contributed by atoms with Crippen molar-refractivity contribution in [2.75, 3.05) is 0 Å². The van der Waals surface area contributed by atoms with Crippen LogP contribution in [0.25, 0.3) is 0 Å². The van der Waals surface area contributed by atoms with E-state index in [9.17, 15) is 4.79 Å². The second kappa shape index (κ2) is 3.23. The second-order valence-electron chi connectivity index (χ2n) is 5.61. The Morgan fingerprint density at radius 3 is 2.86 bits per heavy atom. The zero-order chi connectivity index (χ0) is 10.3. The predicted octanol–water partition coefficient (Wildman–Crippen LogP) is 1.03. The van der Waals surface area contributed by atoms with Crippen molar-refractivity contribution in [1.82, 2.24) is 5.32 Å².